The van der Waals surface area contributed by atoms with Crippen LogP contribution in [-0.4, -0.2) is 36.1 Å². The molecule has 2 aromatic heterocycles. The normalized spacial score (nSPS) is 12.5. The number of aromatic amines is 1. The summed E-state index contributed by atoms with van der Waals surface area (Å²) in [6, 6.07) is 6.33. The summed E-state index contributed by atoms with van der Waals surface area (Å²) >= 11 is 1.02. The maximum atomic E-state index is 12.6. The fourth-order valence-electron chi connectivity index (χ4n) is 3.16. The number of halogens is 3. The van der Waals surface area contributed by atoms with E-state index < -0.39 is 11.9 Å². The van der Waals surface area contributed by atoms with Gasteiger partial charge in [-0.3, -0.25) is 4.99 Å². The number of nitrogens with zero attached hydrogens (tertiary/aromatic N) is 2. The Morgan fingerprint density at radius 3 is 2.59 bits per heavy atom. The minimum Gasteiger partial charge on any atom is -0.361 e. The molecule has 1 aromatic carbocycles. The topological polar surface area (TPSA) is 65.1 Å². The number of aryl methyl sites for hydroxylation is 1. The van der Waals surface area contributed by atoms with Crippen LogP contribution in [0.3, 0.4) is 0 Å². The zero-order chi connectivity index (χ0) is 20.9. The van der Waals surface area contributed by atoms with Crippen LogP contribution in [0, 0.1) is 0 Å². The van der Waals surface area contributed by atoms with E-state index in [1.807, 2.05) is 6.20 Å². The van der Waals surface area contributed by atoms with Crippen LogP contribution in [0.2, 0.25) is 0 Å². The molecule has 0 radical (unpaired) electrons. The SMILES string of the molecule is CCc1cccc2c(CCNC(=NC)NCCc3nc(C(F)(F)F)cs3)c[nH]c12. The number of rotatable bonds is 7. The first kappa shape index (κ1) is 21.2. The summed E-state index contributed by atoms with van der Waals surface area (Å²) in [7, 11) is 1.67. The van der Waals surface area contributed by atoms with Crippen molar-refractivity contribution in [3.05, 3.63) is 51.6 Å². The number of aromatic nitrogens is 2. The summed E-state index contributed by atoms with van der Waals surface area (Å²) in [6.45, 7) is 3.29. The molecule has 0 saturated heterocycles. The van der Waals surface area contributed by atoms with Gasteiger partial charge in [0.25, 0.3) is 0 Å². The summed E-state index contributed by atoms with van der Waals surface area (Å²) in [6.07, 6.45) is -0.128. The van der Waals surface area contributed by atoms with Gasteiger partial charge in [0.15, 0.2) is 11.7 Å². The van der Waals surface area contributed by atoms with Gasteiger partial charge >= 0.3 is 6.18 Å². The van der Waals surface area contributed by atoms with Crippen molar-refractivity contribution in [3.8, 4) is 0 Å². The zero-order valence-electron chi connectivity index (χ0n) is 16.4. The van der Waals surface area contributed by atoms with Gasteiger partial charge in [-0.2, -0.15) is 13.2 Å². The lowest BCUT2D eigenvalue weighted by molar-refractivity contribution is -0.140. The largest absolute Gasteiger partial charge is 0.434 e. The number of hydrogen-bond donors (Lipinski definition) is 3. The second-order valence-electron chi connectivity index (χ2n) is 6.56. The highest BCUT2D eigenvalue weighted by molar-refractivity contribution is 7.09. The molecule has 156 valence electrons. The third kappa shape index (κ3) is 5.29. The van der Waals surface area contributed by atoms with Crippen LogP contribution < -0.4 is 10.6 Å². The number of benzene rings is 1. The van der Waals surface area contributed by atoms with Gasteiger partial charge in [-0.05, 0) is 24.0 Å². The third-order valence-corrected chi connectivity index (χ3v) is 5.56. The fraction of sp³-hybridized carbons (Fsp3) is 0.400. The van der Waals surface area contributed by atoms with Gasteiger partial charge in [-0.25, -0.2) is 4.98 Å². The predicted molar refractivity (Wildman–Crippen MR) is 112 cm³/mol. The van der Waals surface area contributed by atoms with Gasteiger partial charge in [-0.1, -0.05) is 25.1 Å². The molecular weight excluding hydrogens is 399 g/mol. The highest BCUT2D eigenvalue weighted by Gasteiger charge is 2.33. The van der Waals surface area contributed by atoms with Crippen molar-refractivity contribution in [3.63, 3.8) is 0 Å². The molecule has 0 amide bonds. The molecule has 0 aliphatic heterocycles. The van der Waals surface area contributed by atoms with Crippen LogP contribution in [0.1, 0.15) is 28.8 Å². The Balaban J connectivity index is 1.47. The van der Waals surface area contributed by atoms with Crippen LogP contribution in [0.15, 0.2) is 34.8 Å². The standard InChI is InChI=1S/C20H24F3N5S/c1-3-13-5-4-6-15-14(11-27-18(13)15)7-9-25-19(24-2)26-10-8-17-28-16(12-29-17)20(21,22)23/h4-6,11-12,27H,3,7-10H2,1-2H3,(H2,24,25,26). The molecule has 0 saturated carbocycles. The third-order valence-electron chi connectivity index (χ3n) is 4.65. The van der Waals surface area contributed by atoms with Crippen molar-refractivity contribution >= 4 is 28.2 Å². The summed E-state index contributed by atoms with van der Waals surface area (Å²) in [5.41, 5.74) is 2.90. The molecule has 3 N–H and O–H groups in total. The molecule has 0 aliphatic rings. The van der Waals surface area contributed by atoms with E-state index in [2.05, 4.69) is 50.7 Å². The predicted octanol–water partition coefficient (Wildman–Crippen LogP) is 4.16. The van der Waals surface area contributed by atoms with E-state index in [0.29, 0.717) is 30.5 Å². The smallest absolute Gasteiger partial charge is 0.361 e. The van der Waals surface area contributed by atoms with Crippen LogP contribution in [0.25, 0.3) is 10.9 Å². The molecule has 0 spiro atoms. The number of alkyl halides is 3. The fourth-order valence-corrected chi connectivity index (χ4v) is 3.96. The highest BCUT2D eigenvalue weighted by Crippen LogP contribution is 2.30. The van der Waals surface area contributed by atoms with Crippen LogP contribution in [0.5, 0.6) is 0 Å². The van der Waals surface area contributed by atoms with Gasteiger partial charge in [0.05, 0.1) is 5.01 Å². The number of para-hydroxylation sites is 1. The van der Waals surface area contributed by atoms with Crippen LogP contribution in [0.4, 0.5) is 13.2 Å². The first-order valence-corrected chi connectivity index (χ1v) is 10.3. The zero-order valence-corrected chi connectivity index (χ0v) is 17.2. The van der Waals surface area contributed by atoms with Crippen molar-refractivity contribution in [2.24, 2.45) is 4.99 Å². The van der Waals surface area contributed by atoms with Gasteiger partial charge in [0.1, 0.15) is 0 Å². The molecule has 0 unspecified atom stereocenters. The Morgan fingerprint density at radius 2 is 1.93 bits per heavy atom. The summed E-state index contributed by atoms with van der Waals surface area (Å²) in [5, 5.41) is 9.10. The Morgan fingerprint density at radius 1 is 1.17 bits per heavy atom. The van der Waals surface area contributed by atoms with Crippen LogP contribution >= 0.6 is 11.3 Å². The maximum Gasteiger partial charge on any atom is 0.434 e. The molecule has 0 atom stereocenters. The number of aliphatic imine (C=N–C) groups is 1. The monoisotopic (exact) mass is 423 g/mol. The molecule has 0 fully saturated rings. The molecule has 3 rings (SSSR count). The summed E-state index contributed by atoms with van der Waals surface area (Å²) in [5.74, 6) is 0.617. The number of fused-ring (bicyclic) bond motifs is 1. The van der Waals surface area contributed by atoms with Crippen LogP contribution in [-0.2, 0) is 25.4 Å². The summed E-state index contributed by atoms with van der Waals surface area (Å²) in [4.78, 5) is 11.2. The maximum absolute atomic E-state index is 12.6. The number of H-pyrrole nitrogens is 1. The lowest BCUT2D eigenvalue weighted by Crippen LogP contribution is -2.39. The number of hydrogen-bond acceptors (Lipinski definition) is 3. The molecule has 0 aliphatic carbocycles. The minimum absolute atomic E-state index is 0.406. The van der Waals surface area contributed by atoms with E-state index >= 15 is 0 Å². The van der Waals surface area contributed by atoms with Gasteiger partial charge < -0.3 is 15.6 Å². The van der Waals surface area contributed by atoms with Crippen molar-refractivity contribution in [2.45, 2.75) is 32.4 Å². The average molecular weight is 424 g/mol. The van der Waals surface area contributed by atoms with E-state index in [1.165, 1.54) is 22.0 Å². The molecule has 2 heterocycles. The lowest BCUT2D eigenvalue weighted by Gasteiger charge is -2.11. The quantitative estimate of drug-likeness (QED) is 0.395. The van der Waals surface area contributed by atoms with E-state index in [4.69, 9.17) is 0 Å². The Bertz CT molecular complexity index is 974. The van der Waals surface area contributed by atoms with Crippen molar-refractivity contribution < 1.29 is 13.2 Å². The molecule has 29 heavy (non-hydrogen) atoms. The van der Waals surface area contributed by atoms with Crippen molar-refractivity contribution in [1.29, 1.82) is 0 Å². The second-order valence-corrected chi connectivity index (χ2v) is 7.50. The van der Waals surface area contributed by atoms with Gasteiger partial charge in [-0.15, -0.1) is 11.3 Å². The van der Waals surface area contributed by atoms with E-state index in [0.717, 1.165) is 29.6 Å². The molecule has 0 bridgehead atoms. The highest BCUT2D eigenvalue weighted by atomic mass is 32.1. The molecule has 5 nitrogen and oxygen atoms in total. The van der Waals surface area contributed by atoms with Crippen molar-refractivity contribution in [1.82, 2.24) is 20.6 Å². The van der Waals surface area contributed by atoms with Crippen molar-refractivity contribution in [2.75, 3.05) is 20.1 Å². The first-order chi connectivity index (χ1) is 13.9. The minimum atomic E-state index is -4.39. The van der Waals surface area contributed by atoms with Gasteiger partial charge in [0, 0.05) is 49.0 Å². The Hall–Kier alpha value is -2.55. The Kier molecular flexibility index (Phi) is 6.79. The number of guanidine groups is 1. The number of thiazole rings is 1. The molecular formula is C20H24F3N5S. The van der Waals surface area contributed by atoms with E-state index in [9.17, 15) is 13.2 Å². The first-order valence-electron chi connectivity index (χ1n) is 9.46. The molecule has 9 heteroatoms. The summed E-state index contributed by atoms with van der Waals surface area (Å²) < 4.78 is 37.8. The van der Waals surface area contributed by atoms with E-state index in [1.54, 1.807) is 7.05 Å². The Labute approximate surface area is 171 Å². The van der Waals surface area contributed by atoms with Gasteiger partial charge in [0.2, 0.25) is 0 Å². The second kappa shape index (κ2) is 9.30. The van der Waals surface area contributed by atoms with E-state index in [-0.39, 0.29) is 0 Å². The lowest BCUT2D eigenvalue weighted by atomic mass is 10.1. The average Bonchev–Trinajstić information content (AvgIpc) is 3.34. The number of nitrogens with one attached hydrogen (secondary N) is 3. The molecule has 3 aromatic rings.